The van der Waals surface area contributed by atoms with Crippen molar-refractivity contribution in [3.63, 3.8) is 0 Å². The molecule has 0 aliphatic heterocycles. The molecule has 0 saturated carbocycles. The van der Waals surface area contributed by atoms with E-state index in [-0.39, 0.29) is 0 Å². The molecule has 0 aromatic rings. The third kappa shape index (κ3) is 8.21. The van der Waals surface area contributed by atoms with E-state index in [1.165, 1.54) is 12.5 Å². The van der Waals surface area contributed by atoms with Gasteiger partial charge in [-0.15, -0.1) is 6.58 Å². The Kier molecular flexibility index (Phi) is 7.52. The number of rotatable bonds is 8. The van der Waals surface area contributed by atoms with Gasteiger partial charge in [-0.25, -0.2) is 4.79 Å². The molecule has 0 rings (SSSR count). The van der Waals surface area contributed by atoms with Crippen LogP contribution in [0.1, 0.15) is 46.5 Å². The van der Waals surface area contributed by atoms with Gasteiger partial charge in [0.2, 0.25) is 5.78 Å². The number of carbonyl (C=O) groups is 2. The van der Waals surface area contributed by atoms with E-state index in [0.717, 1.165) is 25.7 Å². The zero-order chi connectivity index (χ0) is 12.6. The van der Waals surface area contributed by atoms with E-state index in [1.54, 1.807) is 0 Å². The van der Waals surface area contributed by atoms with Gasteiger partial charge in [-0.1, -0.05) is 18.9 Å². The number of esters is 1. The predicted octanol–water partition coefficient (Wildman–Crippen LogP) is 2.89. The van der Waals surface area contributed by atoms with Gasteiger partial charge in [0, 0.05) is 6.92 Å². The van der Waals surface area contributed by atoms with Crippen molar-refractivity contribution in [2.75, 3.05) is 6.61 Å². The van der Waals surface area contributed by atoms with Crippen molar-refractivity contribution >= 4 is 11.8 Å². The fourth-order valence-electron chi connectivity index (χ4n) is 1.35. The van der Waals surface area contributed by atoms with Crippen LogP contribution in [0.3, 0.4) is 0 Å². The third-order valence-electron chi connectivity index (χ3n) is 2.43. The molecule has 16 heavy (non-hydrogen) atoms. The zero-order valence-corrected chi connectivity index (χ0v) is 10.5. The quantitative estimate of drug-likeness (QED) is 0.363. The molecule has 0 N–H and O–H groups in total. The van der Waals surface area contributed by atoms with E-state index in [0.29, 0.717) is 12.5 Å². The number of Topliss-reactive ketones (excluding diaryl/α,β-unsaturated/α-hetero) is 1. The molecule has 1 atom stereocenters. The zero-order valence-electron chi connectivity index (χ0n) is 10.5. The second-order valence-corrected chi connectivity index (χ2v) is 4.44. The molecular weight excluding hydrogens is 204 g/mol. The maximum atomic E-state index is 10.8. The van der Waals surface area contributed by atoms with Crippen molar-refractivity contribution in [3.05, 3.63) is 12.2 Å². The molecule has 0 radical (unpaired) electrons. The SMILES string of the molecule is C=C(C)CCC[C@@H](C)CCOC(=O)C(C)=O. The second kappa shape index (κ2) is 8.08. The lowest BCUT2D eigenvalue weighted by Crippen LogP contribution is -2.15. The third-order valence-corrected chi connectivity index (χ3v) is 2.43. The van der Waals surface area contributed by atoms with Crippen LogP contribution in [0.4, 0.5) is 0 Å². The first-order valence-corrected chi connectivity index (χ1v) is 5.75. The predicted molar refractivity (Wildman–Crippen MR) is 64.1 cm³/mol. The smallest absolute Gasteiger partial charge is 0.374 e. The van der Waals surface area contributed by atoms with Crippen molar-refractivity contribution in [1.82, 2.24) is 0 Å². The van der Waals surface area contributed by atoms with Gasteiger partial charge in [0.1, 0.15) is 0 Å². The highest BCUT2D eigenvalue weighted by molar-refractivity contribution is 6.32. The molecule has 0 unspecified atom stereocenters. The molecule has 0 aliphatic rings. The molecule has 3 heteroatoms. The first-order chi connectivity index (χ1) is 7.43. The molecule has 0 aromatic carbocycles. The highest BCUT2D eigenvalue weighted by Crippen LogP contribution is 2.14. The van der Waals surface area contributed by atoms with Crippen LogP contribution in [-0.4, -0.2) is 18.4 Å². The van der Waals surface area contributed by atoms with Gasteiger partial charge < -0.3 is 4.74 Å². The molecule has 0 bridgehead atoms. The fraction of sp³-hybridized carbons (Fsp3) is 0.692. The van der Waals surface area contributed by atoms with E-state index in [9.17, 15) is 9.59 Å². The molecule has 0 aromatic heterocycles. The topological polar surface area (TPSA) is 43.4 Å². The van der Waals surface area contributed by atoms with Crippen LogP contribution < -0.4 is 0 Å². The number of allylic oxidation sites excluding steroid dienone is 1. The Morgan fingerprint density at radius 1 is 1.25 bits per heavy atom. The van der Waals surface area contributed by atoms with E-state index in [4.69, 9.17) is 4.74 Å². The highest BCUT2D eigenvalue weighted by Gasteiger charge is 2.09. The summed E-state index contributed by atoms with van der Waals surface area (Å²) in [5.41, 5.74) is 1.20. The molecule has 0 amide bonds. The van der Waals surface area contributed by atoms with E-state index in [1.807, 2.05) is 6.92 Å². The molecule has 0 heterocycles. The van der Waals surface area contributed by atoms with E-state index >= 15 is 0 Å². The number of hydrogen-bond acceptors (Lipinski definition) is 3. The normalized spacial score (nSPS) is 11.9. The molecule has 3 nitrogen and oxygen atoms in total. The summed E-state index contributed by atoms with van der Waals surface area (Å²) in [7, 11) is 0. The van der Waals surface area contributed by atoms with Gasteiger partial charge >= 0.3 is 5.97 Å². The summed E-state index contributed by atoms with van der Waals surface area (Å²) in [6.45, 7) is 9.56. The largest absolute Gasteiger partial charge is 0.460 e. The summed E-state index contributed by atoms with van der Waals surface area (Å²) in [6.07, 6.45) is 4.09. The van der Waals surface area contributed by atoms with Crippen LogP contribution in [-0.2, 0) is 14.3 Å². The summed E-state index contributed by atoms with van der Waals surface area (Å²) in [5.74, 6) is -0.747. The Morgan fingerprint density at radius 2 is 1.88 bits per heavy atom. The average Bonchev–Trinajstić information content (AvgIpc) is 2.16. The van der Waals surface area contributed by atoms with E-state index < -0.39 is 11.8 Å². The average molecular weight is 226 g/mol. The Hall–Kier alpha value is -1.12. The lowest BCUT2D eigenvalue weighted by molar-refractivity contribution is -0.153. The summed E-state index contributed by atoms with van der Waals surface area (Å²) in [6, 6.07) is 0. The van der Waals surface area contributed by atoms with Gasteiger partial charge in [0.25, 0.3) is 0 Å². The second-order valence-electron chi connectivity index (χ2n) is 4.44. The number of ether oxygens (including phenoxy) is 1. The number of ketones is 1. The lowest BCUT2D eigenvalue weighted by atomic mass is 9.99. The standard InChI is InChI=1S/C13H22O3/c1-10(2)6-5-7-11(3)8-9-16-13(15)12(4)14/h11H,1,5-9H2,2-4H3/t11-/m1/s1. The Balaban J connectivity index is 3.50. The monoisotopic (exact) mass is 226 g/mol. The van der Waals surface area contributed by atoms with Gasteiger partial charge in [-0.05, 0) is 32.1 Å². The van der Waals surface area contributed by atoms with Gasteiger partial charge in [-0.2, -0.15) is 0 Å². The fourth-order valence-corrected chi connectivity index (χ4v) is 1.35. The molecule has 0 fully saturated rings. The van der Waals surface area contributed by atoms with Crippen molar-refractivity contribution in [2.24, 2.45) is 5.92 Å². The van der Waals surface area contributed by atoms with Crippen LogP contribution in [0.2, 0.25) is 0 Å². The van der Waals surface area contributed by atoms with Crippen molar-refractivity contribution < 1.29 is 14.3 Å². The van der Waals surface area contributed by atoms with Crippen LogP contribution in [0, 0.1) is 5.92 Å². The Morgan fingerprint density at radius 3 is 2.38 bits per heavy atom. The number of hydrogen-bond donors (Lipinski definition) is 0. The van der Waals surface area contributed by atoms with Crippen LogP contribution in [0.15, 0.2) is 12.2 Å². The van der Waals surface area contributed by atoms with E-state index in [2.05, 4.69) is 13.5 Å². The van der Waals surface area contributed by atoms with Crippen LogP contribution in [0.25, 0.3) is 0 Å². The minimum absolute atomic E-state index is 0.340. The van der Waals surface area contributed by atoms with Crippen molar-refractivity contribution in [1.29, 1.82) is 0 Å². The summed E-state index contributed by atoms with van der Waals surface area (Å²) in [5, 5.41) is 0. The van der Waals surface area contributed by atoms with Crippen LogP contribution >= 0.6 is 0 Å². The minimum atomic E-state index is -0.728. The molecular formula is C13H22O3. The lowest BCUT2D eigenvalue weighted by Gasteiger charge is -2.10. The van der Waals surface area contributed by atoms with Gasteiger partial charge in [0.05, 0.1) is 6.61 Å². The summed E-state index contributed by atoms with van der Waals surface area (Å²) in [4.78, 5) is 21.4. The Bertz CT molecular complexity index is 256. The van der Waals surface area contributed by atoms with Gasteiger partial charge in [0.15, 0.2) is 0 Å². The maximum Gasteiger partial charge on any atom is 0.374 e. The van der Waals surface area contributed by atoms with Crippen molar-refractivity contribution in [3.8, 4) is 0 Å². The minimum Gasteiger partial charge on any atom is -0.460 e. The number of carbonyl (C=O) groups excluding carboxylic acids is 2. The summed E-state index contributed by atoms with van der Waals surface area (Å²) >= 11 is 0. The molecule has 0 saturated heterocycles. The first kappa shape index (κ1) is 14.9. The van der Waals surface area contributed by atoms with Gasteiger partial charge in [-0.3, -0.25) is 4.79 Å². The molecule has 92 valence electrons. The van der Waals surface area contributed by atoms with Crippen molar-refractivity contribution in [2.45, 2.75) is 46.5 Å². The van der Waals surface area contributed by atoms with Crippen LogP contribution in [0.5, 0.6) is 0 Å². The maximum absolute atomic E-state index is 10.8. The Labute approximate surface area is 97.9 Å². The summed E-state index contributed by atoms with van der Waals surface area (Å²) < 4.78 is 4.80. The highest BCUT2D eigenvalue weighted by atomic mass is 16.5. The molecule has 0 aliphatic carbocycles. The first-order valence-electron chi connectivity index (χ1n) is 5.75. The molecule has 0 spiro atoms.